The number of amides is 4. The van der Waals surface area contributed by atoms with Gasteiger partial charge in [-0.1, -0.05) is 38.0 Å². The van der Waals surface area contributed by atoms with Crippen molar-refractivity contribution < 1.29 is 32.3 Å². The topological polar surface area (TPSA) is 160 Å². The smallest absolute Gasteiger partial charge is 0.319 e. The van der Waals surface area contributed by atoms with Crippen molar-refractivity contribution >= 4 is 50.1 Å². The number of allylic oxidation sites excluding steroid dienone is 1. The molecule has 15 heteroatoms. The van der Waals surface area contributed by atoms with Crippen LogP contribution in [0, 0.1) is 18.3 Å². The van der Waals surface area contributed by atoms with Gasteiger partial charge >= 0.3 is 6.03 Å². The van der Waals surface area contributed by atoms with Crippen LogP contribution in [0.5, 0.6) is 11.5 Å². The standard InChI is InChI=1S/C38H44N6O7S2/c1-6-37(15-16-37)53(48,49)42-35(46)38-20-24(38)12-9-7-8-10-17-43(4)34(45)29-18-25(21-44(29)36(47)41-38)51-31-19-27(28-22-52-33(40-28)23(2)3)39-32-26(31)13-11-14-30(32)50-5/h1,9,11-14,19,22-25,29H,7-8,10,15-18,20-21H2,2-5H3,(H,41,47)(H,42,46)/b12-9-/t24-,25+,29+,38-/m1/s1. The molecule has 3 aromatic rings. The fourth-order valence-electron chi connectivity index (χ4n) is 7.17. The summed E-state index contributed by atoms with van der Waals surface area (Å²) in [5.41, 5.74) is 0.354. The van der Waals surface area contributed by atoms with Gasteiger partial charge in [0, 0.05) is 48.7 Å². The Kier molecular flexibility index (Phi) is 9.65. The van der Waals surface area contributed by atoms with Crippen molar-refractivity contribution in [2.24, 2.45) is 5.92 Å². The Balaban J connectivity index is 1.20. The summed E-state index contributed by atoms with van der Waals surface area (Å²) in [7, 11) is -0.891. The van der Waals surface area contributed by atoms with Crippen LogP contribution < -0.4 is 19.5 Å². The van der Waals surface area contributed by atoms with Gasteiger partial charge in [-0.15, -0.1) is 17.8 Å². The van der Waals surface area contributed by atoms with E-state index in [1.54, 1.807) is 30.4 Å². The molecule has 7 rings (SSSR count). The van der Waals surface area contributed by atoms with E-state index in [0.29, 0.717) is 46.8 Å². The molecule has 280 valence electrons. The normalized spacial score (nSPS) is 26.2. The Bertz CT molecular complexity index is 2140. The number of fused-ring (bicyclic) bond motifs is 3. The summed E-state index contributed by atoms with van der Waals surface area (Å²) in [6, 6.07) is 5.82. The Morgan fingerprint density at radius 2 is 1.96 bits per heavy atom. The van der Waals surface area contributed by atoms with Crippen LogP contribution >= 0.6 is 11.3 Å². The molecule has 3 fully saturated rings. The molecule has 0 radical (unpaired) electrons. The molecule has 4 aliphatic rings. The lowest BCUT2D eigenvalue weighted by Crippen LogP contribution is -2.58. The van der Waals surface area contributed by atoms with Gasteiger partial charge in [-0.25, -0.2) is 27.9 Å². The Morgan fingerprint density at radius 3 is 2.66 bits per heavy atom. The highest BCUT2D eigenvalue weighted by Crippen LogP contribution is 2.47. The number of hydrogen-bond donors (Lipinski definition) is 2. The number of benzene rings is 1. The zero-order chi connectivity index (χ0) is 37.7. The molecule has 1 saturated heterocycles. The number of likely N-dealkylation sites (N-methyl/N-ethyl adjacent to an activating group) is 1. The molecular weight excluding hydrogens is 717 g/mol. The van der Waals surface area contributed by atoms with Crippen molar-refractivity contribution in [2.75, 3.05) is 27.2 Å². The average Bonchev–Trinajstić information content (AvgIpc) is 3.96. The van der Waals surface area contributed by atoms with Crippen LogP contribution in [0.15, 0.2) is 41.8 Å². The van der Waals surface area contributed by atoms with E-state index in [4.69, 9.17) is 25.9 Å². The maximum absolute atomic E-state index is 14.3. The molecule has 4 heterocycles. The van der Waals surface area contributed by atoms with Crippen LogP contribution in [0.3, 0.4) is 0 Å². The number of pyridine rings is 1. The second kappa shape index (κ2) is 13.9. The van der Waals surface area contributed by atoms with Crippen molar-refractivity contribution in [3.8, 4) is 35.2 Å². The fraction of sp³-hybridized carbons (Fsp3) is 0.500. The van der Waals surface area contributed by atoms with Crippen LogP contribution in [0.1, 0.15) is 69.7 Å². The molecule has 2 aromatic heterocycles. The number of hydrogen-bond acceptors (Lipinski definition) is 10. The first kappa shape index (κ1) is 36.7. The summed E-state index contributed by atoms with van der Waals surface area (Å²) < 4.78 is 39.4. The third-order valence-electron chi connectivity index (χ3n) is 10.7. The summed E-state index contributed by atoms with van der Waals surface area (Å²) in [6.07, 6.45) is 11.9. The molecule has 13 nitrogen and oxygen atoms in total. The van der Waals surface area contributed by atoms with Gasteiger partial charge in [0.1, 0.15) is 40.4 Å². The minimum atomic E-state index is -4.19. The molecule has 2 saturated carbocycles. The summed E-state index contributed by atoms with van der Waals surface area (Å²) in [5, 5.41) is 6.49. The highest BCUT2D eigenvalue weighted by Gasteiger charge is 2.63. The largest absolute Gasteiger partial charge is 0.494 e. The Morgan fingerprint density at radius 1 is 1.17 bits per heavy atom. The number of urea groups is 1. The van der Waals surface area contributed by atoms with E-state index in [-0.39, 0.29) is 44.1 Å². The summed E-state index contributed by atoms with van der Waals surface area (Å²) in [5.74, 6) is 2.10. The van der Waals surface area contributed by atoms with Gasteiger partial charge in [0.2, 0.25) is 5.91 Å². The van der Waals surface area contributed by atoms with E-state index >= 15 is 0 Å². The lowest BCUT2D eigenvalue weighted by Gasteiger charge is -2.30. The monoisotopic (exact) mass is 760 g/mol. The molecule has 0 unspecified atom stereocenters. The second-order valence-corrected chi connectivity index (χ2v) is 17.6. The number of methoxy groups -OCH3 is 1. The first-order valence-electron chi connectivity index (χ1n) is 18.0. The lowest BCUT2D eigenvalue weighted by molar-refractivity contribution is -0.134. The number of nitrogens with zero attached hydrogens (tertiary/aromatic N) is 4. The number of sulfonamides is 1. The number of terminal acetylenes is 1. The molecule has 2 aliphatic heterocycles. The van der Waals surface area contributed by atoms with Crippen molar-refractivity contribution in [3.63, 3.8) is 0 Å². The van der Waals surface area contributed by atoms with E-state index in [9.17, 15) is 22.8 Å². The summed E-state index contributed by atoms with van der Waals surface area (Å²) in [4.78, 5) is 54.8. The van der Waals surface area contributed by atoms with Crippen LogP contribution in [-0.4, -0.2) is 95.7 Å². The van der Waals surface area contributed by atoms with E-state index < -0.39 is 50.3 Å². The molecule has 4 atom stereocenters. The minimum absolute atomic E-state index is 0.0319. The van der Waals surface area contributed by atoms with Crippen molar-refractivity contribution in [3.05, 3.63) is 46.8 Å². The maximum Gasteiger partial charge on any atom is 0.319 e. The van der Waals surface area contributed by atoms with Gasteiger partial charge in [0.25, 0.3) is 15.9 Å². The van der Waals surface area contributed by atoms with Gasteiger partial charge in [0.05, 0.1) is 24.4 Å². The van der Waals surface area contributed by atoms with Gasteiger partial charge in [-0.2, -0.15) is 0 Å². The zero-order valence-corrected chi connectivity index (χ0v) is 31.9. The Labute approximate surface area is 313 Å². The quantitative estimate of drug-likeness (QED) is 0.247. The van der Waals surface area contributed by atoms with E-state index in [1.807, 2.05) is 41.8 Å². The third kappa shape index (κ3) is 6.83. The van der Waals surface area contributed by atoms with Gasteiger partial charge in [-0.05, 0) is 50.7 Å². The maximum atomic E-state index is 14.3. The van der Waals surface area contributed by atoms with Crippen LogP contribution in [0.25, 0.3) is 22.3 Å². The molecule has 1 aromatic carbocycles. The first-order chi connectivity index (χ1) is 25.3. The van der Waals surface area contributed by atoms with E-state index in [0.717, 1.165) is 17.8 Å². The van der Waals surface area contributed by atoms with Gasteiger partial charge in [0.15, 0.2) is 4.75 Å². The molecular formula is C38H44N6O7S2. The first-order valence-corrected chi connectivity index (χ1v) is 20.3. The second-order valence-electron chi connectivity index (χ2n) is 14.7. The predicted octanol–water partition coefficient (Wildman–Crippen LogP) is 4.59. The number of thiazole rings is 1. The van der Waals surface area contributed by atoms with Crippen molar-refractivity contribution in [1.29, 1.82) is 0 Å². The Hall–Kier alpha value is -4.68. The highest BCUT2D eigenvalue weighted by molar-refractivity contribution is 7.92. The molecule has 53 heavy (non-hydrogen) atoms. The minimum Gasteiger partial charge on any atom is -0.494 e. The molecule has 4 amide bonds. The van der Waals surface area contributed by atoms with Crippen LogP contribution in [0.4, 0.5) is 4.79 Å². The van der Waals surface area contributed by atoms with Crippen molar-refractivity contribution in [2.45, 2.75) is 87.1 Å². The molecule has 0 spiro atoms. The molecule has 2 N–H and O–H groups in total. The SMILES string of the molecule is C#CC1(S(=O)(=O)NC(=O)[C@@]23C[C@H]2/C=C\CCCCN(C)C(=O)[C@@H]2C[C@H](Oc4cc(-c5csc(C(C)C)n5)nc5c(OC)cccc45)CN2C(=O)N3)CC1. The van der Waals surface area contributed by atoms with E-state index in [1.165, 1.54) is 4.90 Å². The average molecular weight is 761 g/mol. The van der Waals surface area contributed by atoms with Crippen LogP contribution in [0.2, 0.25) is 0 Å². The van der Waals surface area contributed by atoms with E-state index in [2.05, 4.69) is 29.8 Å². The lowest BCUT2D eigenvalue weighted by atomic mass is 10.1. The number of ether oxygens (including phenoxy) is 2. The third-order valence-corrected chi connectivity index (χ3v) is 13.8. The van der Waals surface area contributed by atoms with Crippen LogP contribution in [-0.2, 0) is 19.6 Å². The molecule has 2 aliphatic carbocycles. The number of carbonyl (C=O) groups is 3. The van der Waals surface area contributed by atoms with Gasteiger partial charge < -0.3 is 24.6 Å². The zero-order valence-electron chi connectivity index (χ0n) is 30.3. The number of rotatable bonds is 8. The van der Waals surface area contributed by atoms with Crippen molar-refractivity contribution in [1.82, 2.24) is 29.8 Å². The predicted molar refractivity (Wildman–Crippen MR) is 201 cm³/mol. The number of carbonyl (C=O) groups excluding carboxylic acids is 3. The number of aromatic nitrogens is 2. The number of nitrogens with one attached hydrogen (secondary N) is 2. The number of para-hydroxylation sites is 1. The molecule has 0 bridgehead atoms. The fourth-order valence-corrected chi connectivity index (χ4v) is 9.42. The summed E-state index contributed by atoms with van der Waals surface area (Å²) in [6.45, 7) is 4.71. The van der Waals surface area contributed by atoms with Gasteiger partial charge in [-0.3, -0.25) is 9.59 Å². The summed E-state index contributed by atoms with van der Waals surface area (Å²) >= 11 is 1.56. The highest BCUT2D eigenvalue weighted by atomic mass is 32.2.